The van der Waals surface area contributed by atoms with Crippen molar-refractivity contribution in [3.63, 3.8) is 0 Å². The largest absolute Gasteiger partial charge is 0.452 e. The van der Waals surface area contributed by atoms with Crippen LogP contribution in [0.3, 0.4) is 0 Å². The van der Waals surface area contributed by atoms with Crippen molar-refractivity contribution in [2.75, 3.05) is 6.54 Å². The lowest BCUT2D eigenvalue weighted by Crippen LogP contribution is -2.11. The summed E-state index contributed by atoms with van der Waals surface area (Å²) in [6.45, 7) is 2.00. The fourth-order valence-corrected chi connectivity index (χ4v) is 1.85. The van der Waals surface area contributed by atoms with Crippen molar-refractivity contribution in [3.8, 4) is 11.3 Å². The summed E-state index contributed by atoms with van der Waals surface area (Å²) in [5.41, 5.74) is 7.19. The van der Waals surface area contributed by atoms with Crippen LogP contribution in [-0.4, -0.2) is 11.7 Å². The maximum atomic E-state index is 12.8. The number of nitrogens with two attached hydrogens (primary N) is 1. The van der Waals surface area contributed by atoms with Gasteiger partial charge in [-0.25, -0.2) is 0 Å². The quantitative estimate of drug-likeness (QED) is 0.932. The molecular weight excluding hydrogens is 257 g/mol. The number of alkyl halides is 3. The summed E-state index contributed by atoms with van der Waals surface area (Å²) in [5, 5.41) is 3.55. The predicted octanol–water partition coefficient (Wildman–Crippen LogP) is 3.17. The Bertz CT molecular complexity index is 558. The van der Waals surface area contributed by atoms with E-state index in [2.05, 4.69) is 9.68 Å². The molecule has 0 radical (unpaired) electrons. The minimum absolute atomic E-state index is 0.0128. The first-order valence-corrected chi connectivity index (χ1v) is 5.76. The maximum absolute atomic E-state index is 12.8. The third kappa shape index (κ3) is 2.78. The number of halogens is 3. The van der Waals surface area contributed by atoms with Gasteiger partial charge in [0.15, 0.2) is 0 Å². The van der Waals surface area contributed by atoms with Gasteiger partial charge >= 0.3 is 6.18 Å². The summed E-state index contributed by atoms with van der Waals surface area (Å²) in [4.78, 5) is 0. The van der Waals surface area contributed by atoms with Crippen molar-refractivity contribution >= 4 is 0 Å². The highest BCUT2D eigenvalue weighted by Gasteiger charge is 2.40. The van der Waals surface area contributed by atoms with E-state index in [9.17, 15) is 13.2 Å². The maximum Gasteiger partial charge on any atom is 0.452 e. The molecule has 0 unspecified atom stereocenters. The van der Waals surface area contributed by atoms with E-state index < -0.39 is 11.9 Å². The van der Waals surface area contributed by atoms with E-state index in [0.717, 1.165) is 5.56 Å². The highest BCUT2D eigenvalue weighted by atomic mass is 19.4. The van der Waals surface area contributed by atoms with Gasteiger partial charge in [-0.3, -0.25) is 0 Å². The normalized spacial score (nSPS) is 11.8. The Balaban J connectivity index is 2.51. The second-order valence-corrected chi connectivity index (χ2v) is 4.24. The highest BCUT2D eigenvalue weighted by Crippen LogP contribution is 2.36. The lowest BCUT2D eigenvalue weighted by molar-refractivity contribution is -0.156. The number of benzene rings is 1. The fraction of sp³-hybridized carbons (Fsp3) is 0.308. The Morgan fingerprint density at radius 3 is 2.37 bits per heavy atom. The van der Waals surface area contributed by atoms with E-state index in [-0.39, 0.29) is 24.2 Å². The summed E-state index contributed by atoms with van der Waals surface area (Å²) >= 11 is 0. The van der Waals surface area contributed by atoms with Gasteiger partial charge in [0.25, 0.3) is 0 Å². The number of nitrogens with zero attached hydrogens (tertiary/aromatic N) is 1. The van der Waals surface area contributed by atoms with Crippen molar-refractivity contribution in [1.29, 1.82) is 0 Å². The fourth-order valence-electron chi connectivity index (χ4n) is 1.85. The van der Waals surface area contributed by atoms with E-state index in [1.807, 2.05) is 19.1 Å². The number of hydrogen-bond donors (Lipinski definition) is 1. The van der Waals surface area contributed by atoms with Crippen LogP contribution in [0.25, 0.3) is 11.3 Å². The van der Waals surface area contributed by atoms with Gasteiger partial charge in [-0.2, -0.15) is 13.2 Å². The molecule has 0 spiro atoms. The Morgan fingerprint density at radius 2 is 1.84 bits per heavy atom. The second-order valence-electron chi connectivity index (χ2n) is 4.24. The van der Waals surface area contributed by atoms with E-state index in [1.54, 1.807) is 12.1 Å². The van der Waals surface area contributed by atoms with Gasteiger partial charge in [-0.1, -0.05) is 35.0 Å². The molecule has 1 aromatic carbocycles. The van der Waals surface area contributed by atoms with Gasteiger partial charge < -0.3 is 10.3 Å². The van der Waals surface area contributed by atoms with Crippen molar-refractivity contribution < 1.29 is 17.7 Å². The molecule has 0 saturated heterocycles. The number of aromatic nitrogens is 1. The third-order valence-corrected chi connectivity index (χ3v) is 2.76. The van der Waals surface area contributed by atoms with Crippen molar-refractivity contribution in [3.05, 3.63) is 41.2 Å². The second kappa shape index (κ2) is 5.05. The molecular formula is C13H13F3N2O. The molecule has 2 rings (SSSR count). The molecule has 3 nitrogen and oxygen atoms in total. The summed E-state index contributed by atoms with van der Waals surface area (Å²) in [6.07, 6.45) is -4.48. The minimum atomic E-state index is -4.56. The summed E-state index contributed by atoms with van der Waals surface area (Å²) in [6, 6.07) is 7.05. The first-order chi connectivity index (χ1) is 8.93. The number of aryl methyl sites for hydroxylation is 1. The van der Waals surface area contributed by atoms with Crippen molar-refractivity contribution in [2.45, 2.75) is 19.5 Å². The Morgan fingerprint density at radius 1 is 1.21 bits per heavy atom. The molecule has 0 atom stereocenters. The van der Waals surface area contributed by atoms with E-state index in [0.29, 0.717) is 5.56 Å². The zero-order valence-corrected chi connectivity index (χ0v) is 10.3. The van der Waals surface area contributed by atoms with Crippen LogP contribution in [-0.2, 0) is 12.6 Å². The van der Waals surface area contributed by atoms with Gasteiger partial charge in [-0.15, -0.1) is 0 Å². The molecule has 2 N–H and O–H groups in total. The van der Waals surface area contributed by atoms with Gasteiger partial charge in [0.1, 0.15) is 5.69 Å². The molecule has 1 aromatic heterocycles. The Labute approximate surface area is 108 Å². The van der Waals surface area contributed by atoms with Crippen molar-refractivity contribution in [2.24, 2.45) is 5.73 Å². The standard InChI is InChI=1S/C13H13F3N2O/c1-8-2-4-9(5-3-8)11-10(6-7-17)12(19-18-11)13(14,15)16/h2-5H,6-7,17H2,1H3. The molecule has 0 saturated carbocycles. The molecule has 0 aliphatic carbocycles. The smallest absolute Gasteiger partial charge is 0.351 e. The zero-order chi connectivity index (χ0) is 14.0. The van der Waals surface area contributed by atoms with Crippen molar-refractivity contribution in [1.82, 2.24) is 5.16 Å². The Kier molecular flexibility index (Phi) is 3.61. The molecule has 0 fully saturated rings. The summed E-state index contributed by atoms with van der Waals surface area (Å²) in [5.74, 6) is -1.06. The highest BCUT2D eigenvalue weighted by molar-refractivity contribution is 5.64. The van der Waals surface area contributed by atoms with Gasteiger partial charge in [0, 0.05) is 11.1 Å². The average molecular weight is 270 g/mol. The summed E-state index contributed by atoms with van der Waals surface area (Å²) in [7, 11) is 0. The zero-order valence-electron chi connectivity index (χ0n) is 10.3. The predicted molar refractivity (Wildman–Crippen MR) is 64.4 cm³/mol. The Hall–Kier alpha value is -1.82. The van der Waals surface area contributed by atoms with Crippen LogP contribution in [0.2, 0.25) is 0 Å². The van der Waals surface area contributed by atoms with Gasteiger partial charge in [-0.05, 0) is 19.9 Å². The van der Waals surface area contributed by atoms with Gasteiger partial charge in [0.05, 0.1) is 0 Å². The third-order valence-electron chi connectivity index (χ3n) is 2.76. The van der Waals surface area contributed by atoms with Crippen LogP contribution in [0.4, 0.5) is 13.2 Å². The van der Waals surface area contributed by atoms with E-state index in [4.69, 9.17) is 5.73 Å². The van der Waals surface area contributed by atoms with Crippen LogP contribution in [0.5, 0.6) is 0 Å². The molecule has 0 aliphatic rings. The topological polar surface area (TPSA) is 52.0 Å². The summed E-state index contributed by atoms with van der Waals surface area (Å²) < 4.78 is 42.8. The molecule has 102 valence electrons. The molecule has 0 aliphatic heterocycles. The molecule has 19 heavy (non-hydrogen) atoms. The van der Waals surface area contributed by atoms with Crippen LogP contribution in [0.15, 0.2) is 28.8 Å². The van der Waals surface area contributed by atoms with Gasteiger partial charge in [0.2, 0.25) is 5.76 Å². The molecule has 6 heteroatoms. The van der Waals surface area contributed by atoms with Crippen LogP contribution in [0.1, 0.15) is 16.9 Å². The minimum Gasteiger partial charge on any atom is -0.351 e. The van der Waals surface area contributed by atoms with Crippen LogP contribution in [0, 0.1) is 6.92 Å². The molecule has 0 amide bonds. The monoisotopic (exact) mass is 270 g/mol. The molecule has 0 bridgehead atoms. The number of rotatable bonds is 3. The van der Waals surface area contributed by atoms with E-state index >= 15 is 0 Å². The van der Waals surface area contributed by atoms with Crippen LogP contribution >= 0.6 is 0 Å². The lowest BCUT2D eigenvalue weighted by atomic mass is 10.0. The lowest BCUT2D eigenvalue weighted by Gasteiger charge is -2.05. The average Bonchev–Trinajstić information content (AvgIpc) is 2.74. The first-order valence-electron chi connectivity index (χ1n) is 5.76. The number of hydrogen-bond acceptors (Lipinski definition) is 3. The van der Waals surface area contributed by atoms with E-state index in [1.165, 1.54) is 0 Å². The van der Waals surface area contributed by atoms with Crippen LogP contribution < -0.4 is 5.73 Å². The molecule has 2 aromatic rings. The first kappa shape index (κ1) is 13.6. The SMILES string of the molecule is Cc1ccc(-c2noc(C(F)(F)F)c2CCN)cc1. The molecule has 1 heterocycles.